The minimum atomic E-state index is 0.481. The molecule has 2 heteroatoms. The van der Waals surface area contributed by atoms with E-state index in [4.69, 9.17) is 0 Å². The van der Waals surface area contributed by atoms with Crippen LogP contribution in [0.15, 0.2) is 0 Å². The molecule has 0 aliphatic heterocycles. The molecular formula is C7H11N2. The predicted molar refractivity (Wildman–Crippen MR) is 36.2 cm³/mol. The van der Waals surface area contributed by atoms with Crippen LogP contribution in [0.5, 0.6) is 0 Å². The maximum absolute atomic E-state index is 4.03. The summed E-state index contributed by atoms with van der Waals surface area (Å²) in [4.78, 5) is 0. The molecule has 1 aromatic rings. The minimum absolute atomic E-state index is 0.481. The van der Waals surface area contributed by atoms with Gasteiger partial charge in [-0.3, -0.25) is 5.10 Å². The van der Waals surface area contributed by atoms with Crippen molar-refractivity contribution in [1.29, 1.82) is 0 Å². The zero-order valence-corrected chi connectivity index (χ0v) is 6.02. The van der Waals surface area contributed by atoms with Gasteiger partial charge in [0.25, 0.3) is 0 Å². The number of nitrogens with zero attached hydrogens (tertiary/aromatic N) is 1. The second-order valence-electron chi connectivity index (χ2n) is 2.51. The molecule has 0 fully saturated rings. The van der Waals surface area contributed by atoms with Crippen molar-refractivity contribution in [3.63, 3.8) is 0 Å². The summed E-state index contributed by atoms with van der Waals surface area (Å²) in [6, 6.07) is 3.11. The second-order valence-corrected chi connectivity index (χ2v) is 2.51. The Labute approximate surface area is 55.3 Å². The second kappa shape index (κ2) is 2.21. The smallest absolute Gasteiger partial charge is 0.0729 e. The fourth-order valence-corrected chi connectivity index (χ4v) is 0.666. The topological polar surface area (TPSA) is 28.7 Å². The van der Waals surface area contributed by atoms with Gasteiger partial charge >= 0.3 is 0 Å². The van der Waals surface area contributed by atoms with Gasteiger partial charge in [-0.25, -0.2) is 0 Å². The number of nitrogens with one attached hydrogen (secondary N) is 1. The molecule has 0 bridgehead atoms. The van der Waals surface area contributed by atoms with E-state index in [0.29, 0.717) is 5.92 Å². The Hall–Kier alpha value is -0.790. The molecule has 2 nitrogen and oxygen atoms in total. The molecule has 1 aromatic heterocycles. The van der Waals surface area contributed by atoms with Gasteiger partial charge in [0.2, 0.25) is 0 Å². The van der Waals surface area contributed by atoms with Gasteiger partial charge in [0, 0.05) is 11.8 Å². The van der Waals surface area contributed by atoms with E-state index in [-0.39, 0.29) is 0 Å². The molecule has 9 heavy (non-hydrogen) atoms. The molecule has 1 radical (unpaired) electrons. The molecule has 0 saturated carbocycles. The Morgan fingerprint density at radius 1 is 1.56 bits per heavy atom. The van der Waals surface area contributed by atoms with Crippen molar-refractivity contribution in [2.45, 2.75) is 26.7 Å². The maximum atomic E-state index is 4.03. The highest BCUT2D eigenvalue weighted by molar-refractivity contribution is 5.07. The van der Waals surface area contributed by atoms with Crippen molar-refractivity contribution < 1.29 is 0 Å². The van der Waals surface area contributed by atoms with E-state index in [2.05, 4.69) is 30.1 Å². The van der Waals surface area contributed by atoms with Crippen LogP contribution in [0.3, 0.4) is 0 Å². The number of aromatic nitrogens is 2. The number of H-pyrrole nitrogens is 1. The van der Waals surface area contributed by atoms with Gasteiger partial charge in [-0.2, -0.15) is 5.10 Å². The fraction of sp³-hybridized carbons (Fsp3) is 0.571. The van der Waals surface area contributed by atoms with Gasteiger partial charge in [0.15, 0.2) is 0 Å². The van der Waals surface area contributed by atoms with Gasteiger partial charge in [-0.1, -0.05) is 13.8 Å². The van der Waals surface area contributed by atoms with E-state index in [0.717, 1.165) is 11.4 Å². The summed E-state index contributed by atoms with van der Waals surface area (Å²) in [5.41, 5.74) is 2.03. The van der Waals surface area contributed by atoms with Gasteiger partial charge in [-0.05, 0) is 12.8 Å². The van der Waals surface area contributed by atoms with E-state index < -0.39 is 0 Å². The Bertz CT molecular complexity index is 189. The van der Waals surface area contributed by atoms with Crippen LogP contribution >= 0.6 is 0 Å². The molecule has 0 aliphatic carbocycles. The summed E-state index contributed by atoms with van der Waals surface area (Å²) in [6.45, 7) is 6.16. The molecule has 49 valence electrons. The van der Waals surface area contributed by atoms with Gasteiger partial charge in [0.1, 0.15) is 0 Å². The lowest BCUT2D eigenvalue weighted by atomic mass is 10.1. The highest BCUT2D eigenvalue weighted by Gasteiger charge is 2.01. The van der Waals surface area contributed by atoms with Crippen molar-refractivity contribution in [3.8, 4) is 0 Å². The number of rotatable bonds is 1. The summed E-state index contributed by atoms with van der Waals surface area (Å²) in [5.74, 6) is 0.481. The summed E-state index contributed by atoms with van der Waals surface area (Å²) in [7, 11) is 0. The molecule has 0 aromatic carbocycles. The fourth-order valence-electron chi connectivity index (χ4n) is 0.666. The first-order chi connectivity index (χ1) is 4.20. The third kappa shape index (κ3) is 1.31. The van der Waals surface area contributed by atoms with E-state index in [1.165, 1.54) is 0 Å². The first-order valence-electron chi connectivity index (χ1n) is 3.14. The first kappa shape index (κ1) is 6.33. The van der Waals surface area contributed by atoms with Crippen molar-refractivity contribution in [3.05, 3.63) is 17.5 Å². The highest BCUT2D eigenvalue weighted by atomic mass is 15.1. The number of aromatic amines is 1. The van der Waals surface area contributed by atoms with Crippen molar-refractivity contribution >= 4 is 0 Å². The minimum Gasteiger partial charge on any atom is -0.282 e. The lowest BCUT2D eigenvalue weighted by Gasteiger charge is -1.93. The summed E-state index contributed by atoms with van der Waals surface area (Å²) in [6.07, 6.45) is 0. The van der Waals surface area contributed by atoms with Crippen LogP contribution in [0.1, 0.15) is 31.2 Å². The molecule has 1 rings (SSSR count). The average Bonchev–Trinajstić information content (AvgIpc) is 2.14. The van der Waals surface area contributed by atoms with Crippen LogP contribution in [-0.2, 0) is 0 Å². The summed E-state index contributed by atoms with van der Waals surface area (Å²) in [5, 5.41) is 6.88. The van der Waals surface area contributed by atoms with Crippen molar-refractivity contribution in [1.82, 2.24) is 10.2 Å². The summed E-state index contributed by atoms with van der Waals surface area (Å²) >= 11 is 0. The lowest BCUT2D eigenvalue weighted by molar-refractivity contribution is 0.808. The van der Waals surface area contributed by atoms with Gasteiger partial charge in [0.05, 0.1) is 5.69 Å². The van der Waals surface area contributed by atoms with Crippen LogP contribution in [0.2, 0.25) is 0 Å². The zero-order chi connectivity index (χ0) is 6.85. The average molecular weight is 123 g/mol. The van der Waals surface area contributed by atoms with Crippen molar-refractivity contribution in [2.75, 3.05) is 0 Å². The predicted octanol–water partition coefficient (Wildman–Crippen LogP) is 1.64. The van der Waals surface area contributed by atoms with Crippen LogP contribution < -0.4 is 0 Å². The number of aryl methyl sites for hydroxylation is 1. The highest BCUT2D eigenvalue weighted by Crippen LogP contribution is 2.09. The Morgan fingerprint density at radius 3 is 2.44 bits per heavy atom. The molecule has 0 atom stereocenters. The maximum Gasteiger partial charge on any atom is 0.0729 e. The third-order valence-electron chi connectivity index (χ3n) is 1.21. The van der Waals surface area contributed by atoms with Crippen LogP contribution in [-0.4, -0.2) is 10.2 Å². The van der Waals surface area contributed by atoms with Crippen LogP contribution in [0.25, 0.3) is 0 Å². The van der Waals surface area contributed by atoms with Crippen LogP contribution in [0, 0.1) is 13.0 Å². The van der Waals surface area contributed by atoms with E-state index in [9.17, 15) is 0 Å². The number of hydrogen-bond acceptors (Lipinski definition) is 1. The molecule has 0 amide bonds. The Kier molecular flexibility index (Phi) is 1.56. The third-order valence-corrected chi connectivity index (χ3v) is 1.21. The standard InChI is InChI=1S/C7H11N2/c1-5(2)7-4-6(3)8-9-7/h5H,1-3H3,(H,8,9). The van der Waals surface area contributed by atoms with E-state index >= 15 is 0 Å². The van der Waals surface area contributed by atoms with Crippen molar-refractivity contribution in [2.24, 2.45) is 0 Å². The monoisotopic (exact) mass is 123 g/mol. The summed E-state index contributed by atoms with van der Waals surface area (Å²) < 4.78 is 0. The van der Waals surface area contributed by atoms with Gasteiger partial charge in [-0.15, -0.1) is 0 Å². The number of hydrogen-bond donors (Lipinski definition) is 1. The molecule has 1 N–H and O–H groups in total. The Balaban J connectivity index is 2.85. The lowest BCUT2D eigenvalue weighted by Crippen LogP contribution is -1.85. The van der Waals surface area contributed by atoms with Gasteiger partial charge < -0.3 is 0 Å². The van der Waals surface area contributed by atoms with E-state index in [1.54, 1.807) is 0 Å². The molecule has 0 saturated heterocycles. The Morgan fingerprint density at radius 2 is 2.22 bits per heavy atom. The SMILES string of the molecule is Cc1[c]c(C(C)C)n[nH]1. The largest absolute Gasteiger partial charge is 0.282 e. The first-order valence-corrected chi connectivity index (χ1v) is 3.14. The normalized spacial score (nSPS) is 10.7. The van der Waals surface area contributed by atoms with E-state index in [1.807, 2.05) is 6.92 Å². The molecule has 0 spiro atoms. The quantitative estimate of drug-likeness (QED) is 0.604. The van der Waals surface area contributed by atoms with Crippen LogP contribution in [0.4, 0.5) is 0 Å². The zero-order valence-electron chi connectivity index (χ0n) is 6.02. The molecule has 0 unspecified atom stereocenters. The molecule has 1 heterocycles. The molecular weight excluding hydrogens is 112 g/mol. The molecule has 0 aliphatic rings.